The van der Waals surface area contributed by atoms with Crippen molar-refractivity contribution >= 4 is 65.4 Å². The lowest BCUT2D eigenvalue weighted by Gasteiger charge is -2.18. The number of furan rings is 2. The molecule has 0 radical (unpaired) electrons. The Bertz CT molecular complexity index is 3120. The fourth-order valence-electron chi connectivity index (χ4n) is 8.47. The summed E-state index contributed by atoms with van der Waals surface area (Å²) in [5.41, 5.74) is 12.9. The lowest BCUT2D eigenvalue weighted by atomic mass is 9.84. The Labute approximate surface area is 299 Å². The zero-order valence-electron chi connectivity index (χ0n) is 28.1. The third-order valence-electron chi connectivity index (χ3n) is 10.7. The monoisotopic (exact) mass is 662 g/mol. The van der Waals surface area contributed by atoms with E-state index in [4.69, 9.17) is 8.83 Å². The fourth-order valence-corrected chi connectivity index (χ4v) is 8.47. The van der Waals surface area contributed by atoms with Crippen LogP contribution in [-0.2, 0) is 0 Å². The number of fused-ring (bicyclic) bond motifs is 8. The summed E-state index contributed by atoms with van der Waals surface area (Å²) in [4.78, 5) is 0. The third-order valence-corrected chi connectivity index (χ3v) is 10.7. The van der Waals surface area contributed by atoms with E-state index in [-0.39, 0.29) is 0 Å². The van der Waals surface area contributed by atoms with Gasteiger partial charge < -0.3 is 8.83 Å². The van der Waals surface area contributed by atoms with Gasteiger partial charge in [-0.3, -0.25) is 0 Å². The van der Waals surface area contributed by atoms with Gasteiger partial charge in [0.05, 0.1) is 0 Å². The minimum absolute atomic E-state index is 0.881. The molecule has 11 rings (SSSR count). The van der Waals surface area contributed by atoms with Gasteiger partial charge in [0.1, 0.15) is 22.3 Å². The van der Waals surface area contributed by atoms with Gasteiger partial charge in [-0.1, -0.05) is 152 Å². The maximum absolute atomic E-state index is 6.86. The largest absolute Gasteiger partial charge is 0.456 e. The molecule has 52 heavy (non-hydrogen) atoms. The Balaban J connectivity index is 1.19. The Kier molecular flexibility index (Phi) is 6.28. The summed E-state index contributed by atoms with van der Waals surface area (Å²) in [6.07, 6.45) is 0. The van der Waals surface area contributed by atoms with Gasteiger partial charge in [0, 0.05) is 27.1 Å². The van der Waals surface area contributed by atoms with Crippen LogP contribution in [0.25, 0.3) is 110 Å². The molecular weight excluding hydrogens is 633 g/mol. The number of hydrogen-bond donors (Lipinski definition) is 0. The normalized spacial score (nSPS) is 11.8. The van der Waals surface area contributed by atoms with E-state index >= 15 is 0 Å². The molecule has 11 aromatic rings. The highest BCUT2D eigenvalue weighted by atomic mass is 16.3. The second kappa shape index (κ2) is 11.3. The Morgan fingerprint density at radius 3 is 1.44 bits per heavy atom. The average Bonchev–Trinajstić information content (AvgIpc) is 3.79. The van der Waals surface area contributed by atoms with Crippen molar-refractivity contribution in [2.24, 2.45) is 0 Å². The van der Waals surface area contributed by atoms with Crippen LogP contribution in [0.1, 0.15) is 0 Å². The summed E-state index contributed by atoms with van der Waals surface area (Å²) < 4.78 is 13.1. The van der Waals surface area contributed by atoms with Gasteiger partial charge in [0.25, 0.3) is 0 Å². The Morgan fingerprint density at radius 2 is 0.750 bits per heavy atom. The van der Waals surface area contributed by atoms with E-state index in [0.29, 0.717) is 0 Å². The second-order valence-corrected chi connectivity index (χ2v) is 13.5. The van der Waals surface area contributed by atoms with E-state index in [1.54, 1.807) is 0 Å². The Hall–Kier alpha value is -6.90. The predicted molar refractivity (Wildman–Crippen MR) is 218 cm³/mol. The van der Waals surface area contributed by atoms with Crippen molar-refractivity contribution in [2.45, 2.75) is 0 Å². The molecule has 2 heteroatoms. The molecule has 0 atom stereocenters. The van der Waals surface area contributed by atoms with Crippen LogP contribution in [0.5, 0.6) is 0 Å². The topological polar surface area (TPSA) is 26.3 Å². The maximum Gasteiger partial charge on any atom is 0.143 e. The van der Waals surface area contributed by atoms with Crippen molar-refractivity contribution < 1.29 is 8.83 Å². The zero-order chi connectivity index (χ0) is 34.2. The number of benzene rings is 9. The highest BCUT2D eigenvalue weighted by Crippen LogP contribution is 2.49. The lowest BCUT2D eigenvalue weighted by Crippen LogP contribution is -1.92. The van der Waals surface area contributed by atoms with Crippen LogP contribution in [-0.4, -0.2) is 0 Å². The van der Waals surface area contributed by atoms with E-state index in [1.807, 2.05) is 12.1 Å². The number of hydrogen-bond acceptors (Lipinski definition) is 2. The van der Waals surface area contributed by atoms with Crippen molar-refractivity contribution in [1.82, 2.24) is 0 Å². The van der Waals surface area contributed by atoms with E-state index in [0.717, 1.165) is 66.1 Å². The minimum atomic E-state index is 0.881. The molecule has 0 fully saturated rings. The van der Waals surface area contributed by atoms with E-state index in [2.05, 4.69) is 170 Å². The number of para-hydroxylation sites is 2. The number of rotatable bonds is 4. The van der Waals surface area contributed by atoms with Crippen molar-refractivity contribution in [3.05, 3.63) is 182 Å². The predicted octanol–water partition coefficient (Wildman–Crippen LogP) is 14.5. The molecule has 0 bridgehead atoms. The fraction of sp³-hybridized carbons (Fsp3) is 0. The molecule has 0 aliphatic rings. The first-order chi connectivity index (χ1) is 25.8. The molecule has 0 amide bonds. The molecule has 2 nitrogen and oxygen atoms in total. The van der Waals surface area contributed by atoms with Crippen LogP contribution in [0.15, 0.2) is 191 Å². The second-order valence-electron chi connectivity index (χ2n) is 13.5. The van der Waals surface area contributed by atoms with E-state index in [9.17, 15) is 0 Å². The van der Waals surface area contributed by atoms with Crippen molar-refractivity contribution in [1.29, 1.82) is 0 Å². The molecule has 0 unspecified atom stereocenters. The molecular formula is C50H30O2. The summed E-state index contributed by atoms with van der Waals surface area (Å²) in [5.74, 6) is 0. The first-order valence-electron chi connectivity index (χ1n) is 17.8. The first kappa shape index (κ1) is 28.9. The molecule has 0 saturated heterocycles. The van der Waals surface area contributed by atoms with Gasteiger partial charge >= 0.3 is 0 Å². The van der Waals surface area contributed by atoms with Crippen molar-refractivity contribution in [2.75, 3.05) is 0 Å². The van der Waals surface area contributed by atoms with Crippen LogP contribution in [0, 0.1) is 0 Å². The smallest absolute Gasteiger partial charge is 0.143 e. The molecule has 2 aromatic heterocycles. The van der Waals surface area contributed by atoms with Gasteiger partial charge in [0.15, 0.2) is 0 Å². The van der Waals surface area contributed by atoms with Crippen LogP contribution in [0.2, 0.25) is 0 Å². The third kappa shape index (κ3) is 4.25. The SMILES string of the molecule is c1ccc(-c2c3ccccc3c(-c3ccc(-c4cccc(-c5cccc6oc7ccccc7c56)c4)c4oc5ccccc5c34)c3ccccc23)cc1. The average molecular weight is 663 g/mol. The molecule has 0 N–H and O–H groups in total. The highest BCUT2D eigenvalue weighted by molar-refractivity contribution is 6.26. The quantitative estimate of drug-likeness (QED) is 0.175. The molecule has 0 saturated carbocycles. The van der Waals surface area contributed by atoms with Crippen molar-refractivity contribution in [3.63, 3.8) is 0 Å². The molecule has 242 valence electrons. The van der Waals surface area contributed by atoms with Gasteiger partial charge in [-0.05, 0) is 90.8 Å². The van der Waals surface area contributed by atoms with Crippen molar-refractivity contribution in [3.8, 4) is 44.5 Å². The Morgan fingerprint density at radius 1 is 0.269 bits per heavy atom. The minimum Gasteiger partial charge on any atom is -0.456 e. The molecule has 0 aliphatic carbocycles. The van der Waals surface area contributed by atoms with E-state index in [1.165, 1.54) is 43.8 Å². The maximum atomic E-state index is 6.86. The lowest BCUT2D eigenvalue weighted by molar-refractivity contribution is 0.669. The summed E-state index contributed by atoms with van der Waals surface area (Å²) in [6.45, 7) is 0. The van der Waals surface area contributed by atoms with Crippen LogP contribution in [0.4, 0.5) is 0 Å². The summed E-state index contributed by atoms with van der Waals surface area (Å²) in [7, 11) is 0. The summed E-state index contributed by atoms with van der Waals surface area (Å²) in [5, 5.41) is 9.42. The van der Waals surface area contributed by atoms with Gasteiger partial charge in [0.2, 0.25) is 0 Å². The summed E-state index contributed by atoms with van der Waals surface area (Å²) >= 11 is 0. The van der Waals surface area contributed by atoms with E-state index < -0.39 is 0 Å². The molecule has 0 spiro atoms. The van der Waals surface area contributed by atoms with Gasteiger partial charge in [-0.15, -0.1) is 0 Å². The standard InChI is InChI=1S/C50H30O2/c1-2-14-31(15-3-1)46-36-18-4-6-20-38(36)47(39-21-7-5-19-37(39)46)42-29-28-35(50-49(42)41-23-9-11-26-44(41)52-50)33-17-12-16-32(30-33)34-24-13-27-45-48(34)40-22-8-10-25-43(40)51-45/h1-30H. The van der Waals surface area contributed by atoms with Gasteiger partial charge in [-0.25, -0.2) is 0 Å². The van der Waals surface area contributed by atoms with Crippen LogP contribution in [0.3, 0.4) is 0 Å². The van der Waals surface area contributed by atoms with Gasteiger partial charge in [-0.2, -0.15) is 0 Å². The van der Waals surface area contributed by atoms with Crippen LogP contribution >= 0.6 is 0 Å². The zero-order valence-corrected chi connectivity index (χ0v) is 28.1. The molecule has 9 aromatic carbocycles. The highest BCUT2D eigenvalue weighted by Gasteiger charge is 2.22. The first-order valence-corrected chi connectivity index (χ1v) is 17.8. The molecule has 0 aliphatic heterocycles. The molecule has 2 heterocycles. The van der Waals surface area contributed by atoms with Crippen LogP contribution < -0.4 is 0 Å². The summed E-state index contributed by atoms with van der Waals surface area (Å²) in [6, 6.07) is 64.9.